The Labute approximate surface area is 93.8 Å². The molecule has 0 heterocycles. The molecule has 0 aliphatic rings. The Bertz CT molecular complexity index is 212. The summed E-state index contributed by atoms with van der Waals surface area (Å²) < 4.78 is 0. The van der Waals surface area contributed by atoms with Gasteiger partial charge in [0.1, 0.15) is 0 Å². The van der Waals surface area contributed by atoms with Crippen LogP contribution in [0.4, 0.5) is 0 Å². The number of nitrogens with two attached hydrogens (primary N) is 1. The summed E-state index contributed by atoms with van der Waals surface area (Å²) in [4.78, 5) is 12.0. The fourth-order valence-corrected chi connectivity index (χ4v) is 1.15. The van der Waals surface area contributed by atoms with E-state index in [2.05, 4.69) is 19.2 Å². The van der Waals surface area contributed by atoms with Crippen LogP contribution in [0.15, 0.2) is 0 Å². The van der Waals surface area contributed by atoms with Crippen molar-refractivity contribution in [2.24, 2.45) is 11.1 Å². The van der Waals surface area contributed by atoms with E-state index in [1.807, 2.05) is 27.7 Å². The number of carbonyl (C=O) groups is 1. The SMILES string of the molecule is CCC(CC)NC(=O)C(C)(C)C(C)(C)N. The second kappa shape index (κ2) is 4.97. The van der Waals surface area contributed by atoms with Gasteiger partial charge in [0.2, 0.25) is 5.91 Å². The van der Waals surface area contributed by atoms with Crippen LogP contribution < -0.4 is 11.1 Å². The molecule has 0 fully saturated rings. The Hall–Kier alpha value is -0.570. The molecule has 0 saturated carbocycles. The third-order valence-electron chi connectivity index (χ3n) is 3.50. The number of rotatable bonds is 5. The van der Waals surface area contributed by atoms with Crippen molar-refractivity contribution in [1.82, 2.24) is 5.32 Å². The maximum absolute atomic E-state index is 12.0. The average Bonchev–Trinajstić information content (AvgIpc) is 2.11. The van der Waals surface area contributed by atoms with Crippen LogP contribution in [0.25, 0.3) is 0 Å². The Morgan fingerprint density at radius 1 is 1.20 bits per heavy atom. The summed E-state index contributed by atoms with van der Waals surface area (Å²) in [6, 6.07) is 0.263. The summed E-state index contributed by atoms with van der Waals surface area (Å²) in [5.74, 6) is 0.0451. The molecule has 0 rings (SSSR count). The van der Waals surface area contributed by atoms with Crippen molar-refractivity contribution < 1.29 is 4.79 Å². The quantitative estimate of drug-likeness (QED) is 0.736. The first-order valence-corrected chi connectivity index (χ1v) is 5.76. The van der Waals surface area contributed by atoms with Gasteiger partial charge in [-0.2, -0.15) is 0 Å². The molecule has 0 aromatic rings. The Kier molecular flexibility index (Phi) is 4.78. The molecule has 0 aliphatic carbocycles. The van der Waals surface area contributed by atoms with Gasteiger partial charge < -0.3 is 11.1 Å². The molecular formula is C12H26N2O. The molecule has 0 atom stereocenters. The van der Waals surface area contributed by atoms with E-state index in [9.17, 15) is 4.79 Å². The molecule has 0 bridgehead atoms. The standard InChI is InChI=1S/C12H26N2O/c1-7-9(8-2)14-10(15)11(3,4)12(5,6)13/h9H,7-8,13H2,1-6H3,(H,14,15). The van der Waals surface area contributed by atoms with Crippen molar-refractivity contribution in [3.63, 3.8) is 0 Å². The summed E-state index contributed by atoms with van der Waals surface area (Å²) in [5, 5.41) is 3.04. The lowest BCUT2D eigenvalue weighted by atomic mass is 9.74. The highest BCUT2D eigenvalue weighted by atomic mass is 16.2. The van der Waals surface area contributed by atoms with Crippen LogP contribution in [-0.4, -0.2) is 17.5 Å². The lowest BCUT2D eigenvalue weighted by molar-refractivity contribution is -0.133. The zero-order valence-corrected chi connectivity index (χ0v) is 11.0. The molecule has 0 aromatic carbocycles. The number of amides is 1. The van der Waals surface area contributed by atoms with Gasteiger partial charge in [-0.25, -0.2) is 0 Å². The van der Waals surface area contributed by atoms with Crippen molar-refractivity contribution in [2.75, 3.05) is 0 Å². The van der Waals surface area contributed by atoms with Gasteiger partial charge in [-0.1, -0.05) is 13.8 Å². The zero-order valence-electron chi connectivity index (χ0n) is 11.0. The lowest BCUT2D eigenvalue weighted by Crippen LogP contribution is -2.56. The molecular weight excluding hydrogens is 188 g/mol. The first-order valence-electron chi connectivity index (χ1n) is 5.76. The number of carbonyl (C=O) groups excluding carboxylic acids is 1. The predicted octanol–water partition coefficient (Wildman–Crippen LogP) is 2.05. The van der Waals surface area contributed by atoms with E-state index >= 15 is 0 Å². The summed E-state index contributed by atoms with van der Waals surface area (Å²) >= 11 is 0. The molecule has 0 unspecified atom stereocenters. The van der Waals surface area contributed by atoms with Gasteiger partial charge in [0.05, 0.1) is 5.41 Å². The van der Waals surface area contributed by atoms with Crippen LogP contribution in [0.1, 0.15) is 54.4 Å². The van der Waals surface area contributed by atoms with Crippen LogP contribution in [-0.2, 0) is 4.79 Å². The van der Waals surface area contributed by atoms with E-state index < -0.39 is 11.0 Å². The van der Waals surface area contributed by atoms with Gasteiger partial charge in [0, 0.05) is 11.6 Å². The van der Waals surface area contributed by atoms with E-state index in [-0.39, 0.29) is 11.9 Å². The van der Waals surface area contributed by atoms with Crippen LogP contribution >= 0.6 is 0 Å². The van der Waals surface area contributed by atoms with Crippen LogP contribution in [0.3, 0.4) is 0 Å². The van der Waals surface area contributed by atoms with Gasteiger partial charge in [-0.15, -0.1) is 0 Å². The van der Waals surface area contributed by atoms with Crippen molar-refractivity contribution in [2.45, 2.75) is 66.0 Å². The van der Waals surface area contributed by atoms with Crippen molar-refractivity contribution in [1.29, 1.82) is 0 Å². The molecule has 15 heavy (non-hydrogen) atoms. The summed E-state index contributed by atoms with van der Waals surface area (Å²) in [5.41, 5.74) is 4.96. The maximum Gasteiger partial charge on any atom is 0.227 e. The molecule has 3 nitrogen and oxygen atoms in total. The van der Waals surface area contributed by atoms with Gasteiger partial charge in [-0.05, 0) is 40.5 Å². The van der Waals surface area contributed by atoms with Crippen LogP contribution in [0, 0.1) is 5.41 Å². The van der Waals surface area contributed by atoms with Gasteiger partial charge >= 0.3 is 0 Å². The zero-order chi connectivity index (χ0) is 12.3. The molecule has 0 aliphatic heterocycles. The molecule has 0 saturated heterocycles. The summed E-state index contributed by atoms with van der Waals surface area (Å²) in [6.07, 6.45) is 1.92. The van der Waals surface area contributed by atoms with E-state index in [0.717, 1.165) is 12.8 Å². The second-order valence-electron chi connectivity index (χ2n) is 5.33. The number of nitrogens with one attached hydrogen (secondary N) is 1. The molecule has 1 amide bonds. The van der Waals surface area contributed by atoms with Crippen molar-refractivity contribution in [3.05, 3.63) is 0 Å². The smallest absolute Gasteiger partial charge is 0.227 e. The molecule has 3 heteroatoms. The minimum atomic E-state index is -0.546. The van der Waals surface area contributed by atoms with Gasteiger partial charge in [0.15, 0.2) is 0 Å². The van der Waals surface area contributed by atoms with Crippen molar-refractivity contribution in [3.8, 4) is 0 Å². The monoisotopic (exact) mass is 214 g/mol. The highest BCUT2D eigenvalue weighted by Crippen LogP contribution is 2.28. The van der Waals surface area contributed by atoms with Crippen LogP contribution in [0.2, 0.25) is 0 Å². The molecule has 3 N–H and O–H groups in total. The fraction of sp³-hybridized carbons (Fsp3) is 0.917. The average molecular weight is 214 g/mol. The fourth-order valence-electron chi connectivity index (χ4n) is 1.15. The Balaban J connectivity index is 4.58. The molecule has 0 spiro atoms. The minimum absolute atomic E-state index is 0.0451. The first kappa shape index (κ1) is 14.4. The van der Waals surface area contributed by atoms with E-state index in [1.165, 1.54) is 0 Å². The molecule has 0 radical (unpaired) electrons. The topological polar surface area (TPSA) is 55.1 Å². The Morgan fingerprint density at radius 2 is 1.60 bits per heavy atom. The normalized spacial score (nSPS) is 13.1. The van der Waals surface area contributed by atoms with Gasteiger partial charge in [-0.3, -0.25) is 4.79 Å². The predicted molar refractivity (Wildman–Crippen MR) is 64.6 cm³/mol. The maximum atomic E-state index is 12.0. The number of hydrogen-bond donors (Lipinski definition) is 2. The largest absolute Gasteiger partial charge is 0.353 e. The van der Waals surface area contributed by atoms with E-state index in [1.54, 1.807) is 0 Å². The third kappa shape index (κ3) is 3.49. The van der Waals surface area contributed by atoms with Crippen molar-refractivity contribution >= 4 is 5.91 Å². The summed E-state index contributed by atoms with van der Waals surface area (Å²) in [6.45, 7) is 11.7. The number of hydrogen-bond acceptors (Lipinski definition) is 2. The van der Waals surface area contributed by atoms with Crippen LogP contribution in [0.5, 0.6) is 0 Å². The first-order chi connectivity index (χ1) is 6.66. The summed E-state index contributed by atoms with van der Waals surface area (Å²) in [7, 11) is 0. The van der Waals surface area contributed by atoms with Gasteiger partial charge in [0.25, 0.3) is 0 Å². The molecule has 0 aromatic heterocycles. The highest BCUT2D eigenvalue weighted by Gasteiger charge is 2.40. The van der Waals surface area contributed by atoms with E-state index in [0.29, 0.717) is 0 Å². The third-order valence-corrected chi connectivity index (χ3v) is 3.50. The molecule has 90 valence electrons. The lowest BCUT2D eigenvalue weighted by Gasteiger charge is -2.38. The second-order valence-corrected chi connectivity index (χ2v) is 5.33. The van der Waals surface area contributed by atoms with E-state index in [4.69, 9.17) is 5.73 Å². The highest BCUT2D eigenvalue weighted by molar-refractivity contribution is 5.83. The minimum Gasteiger partial charge on any atom is -0.353 e. The Morgan fingerprint density at radius 3 is 1.87 bits per heavy atom.